The van der Waals surface area contributed by atoms with E-state index in [4.69, 9.17) is 9.47 Å². The molecule has 0 aromatic heterocycles. The van der Waals surface area contributed by atoms with Crippen molar-refractivity contribution in [2.24, 2.45) is 11.8 Å². The van der Waals surface area contributed by atoms with E-state index in [0.29, 0.717) is 6.61 Å². The Bertz CT molecular complexity index is 580. The predicted molar refractivity (Wildman–Crippen MR) is 95.2 cm³/mol. The molecule has 3 rings (SSSR count). The maximum Gasteiger partial charge on any atom is 0.204 e. The molecule has 0 radical (unpaired) electrons. The van der Waals surface area contributed by atoms with Crippen molar-refractivity contribution in [1.29, 1.82) is 0 Å². The zero-order chi connectivity index (χ0) is 17.8. The van der Waals surface area contributed by atoms with Gasteiger partial charge < -0.3 is 9.47 Å². The first kappa shape index (κ1) is 18.5. The monoisotopic (exact) mass is 352 g/mol. The summed E-state index contributed by atoms with van der Waals surface area (Å²) >= 11 is 0. The number of rotatable bonds is 6. The highest BCUT2D eigenvalue weighted by molar-refractivity contribution is 5.44. The molecule has 25 heavy (non-hydrogen) atoms. The highest BCUT2D eigenvalue weighted by atomic mass is 19.2. The molecule has 0 amide bonds. The molecule has 0 spiro atoms. The van der Waals surface area contributed by atoms with Crippen molar-refractivity contribution < 1.29 is 18.3 Å². The number of halogens is 2. The first-order chi connectivity index (χ1) is 12.1. The molecular formula is C21H30F2O2. The average molecular weight is 352 g/mol. The van der Waals surface area contributed by atoms with Gasteiger partial charge in [-0.1, -0.05) is 39.0 Å². The summed E-state index contributed by atoms with van der Waals surface area (Å²) in [5.41, 5.74) is 0.724. The zero-order valence-electron chi connectivity index (χ0n) is 15.5. The van der Waals surface area contributed by atoms with Crippen LogP contribution >= 0.6 is 0 Å². The van der Waals surface area contributed by atoms with E-state index < -0.39 is 11.6 Å². The summed E-state index contributed by atoms with van der Waals surface area (Å²) in [5.74, 6) is -0.0472. The van der Waals surface area contributed by atoms with E-state index >= 15 is 0 Å². The Balaban J connectivity index is 1.57. The molecule has 1 heterocycles. The van der Waals surface area contributed by atoms with Crippen molar-refractivity contribution in [1.82, 2.24) is 0 Å². The summed E-state index contributed by atoms with van der Waals surface area (Å²) < 4.78 is 39.4. The molecule has 1 aliphatic carbocycles. The van der Waals surface area contributed by atoms with E-state index in [0.717, 1.165) is 43.1 Å². The van der Waals surface area contributed by atoms with Gasteiger partial charge in [0.25, 0.3) is 0 Å². The van der Waals surface area contributed by atoms with Crippen molar-refractivity contribution in [3.05, 3.63) is 23.3 Å². The lowest BCUT2D eigenvalue weighted by atomic mass is 9.78. The van der Waals surface area contributed by atoms with Crippen molar-refractivity contribution >= 4 is 0 Å². The second-order valence-electron chi connectivity index (χ2n) is 7.57. The molecule has 0 N–H and O–H groups in total. The van der Waals surface area contributed by atoms with Crippen LogP contribution in [-0.2, 0) is 6.42 Å². The molecule has 1 aliphatic heterocycles. The lowest BCUT2D eigenvalue weighted by Crippen LogP contribution is -2.25. The zero-order valence-corrected chi connectivity index (χ0v) is 15.5. The molecule has 140 valence electrons. The van der Waals surface area contributed by atoms with E-state index in [9.17, 15) is 8.78 Å². The summed E-state index contributed by atoms with van der Waals surface area (Å²) in [4.78, 5) is 0. The highest BCUT2D eigenvalue weighted by Gasteiger charge is 2.28. The number of hydrogen-bond acceptors (Lipinski definition) is 2. The van der Waals surface area contributed by atoms with Crippen LogP contribution in [0.2, 0.25) is 0 Å². The lowest BCUT2D eigenvalue weighted by molar-refractivity contribution is 0.136. The van der Waals surface area contributed by atoms with Crippen LogP contribution in [0.3, 0.4) is 0 Å². The Morgan fingerprint density at radius 1 is 1.00 bits per heavy atom. The standard InChI is InChI=1S/C21H30F2O2/c1-3-14-5-7-15(8-6-14)9-11-17-12-10-16-13-18(24-4-2)19(22)20(23)21(16)25-17/h13-15,17H,3-12H2,1-2H3. The Kier molecular flexibility index (Phi) is 6.19. The SMILES string of the molecule is CCOc1cc2c(c(F)c1F)OC(CCC1CCC(CC)CC1)CC2. The lowest BCUT2D eigenvalue weighted by Gasteiger charge is -2.31. The minimum Gasteiger partial charge on any atom is -0.491 e. The van der Waals surface area contributed by atoms with Crippen molar-refractivity contribution in [2.45, 2.75) is 77.7 Å². The molecule has 1 atom stereocenters. The van der Waals surface area contributed by atoms with Gasteiger partial charge in [0.1, 0.15) is 0 Å². The fraction of sp³-hybridized carbons (Fsp3) is 0.714. The summed E-state index contributed by atoms with van der Waals surface area (Å²) in [6.07, 6.45) is 10.3. The minimum atomic E-state index is -0.931. The van der Waals surface area contributed by atoms with Gasteiger partial charge in [-0.2, -0.15) is 8.78 Å². The number of benzene rings is 1. The number of fused-ring (bicyclic) bond motifs is 1. The first-order valence-electron chi connectivity index (χ1n) is 9.92. The summed E-state index contributed by atoms with van der Waals surface area (Å²) in [6, 6.07) is 1.60. The van der Waals surface area contributed by atoms with Crippen molar-refractivity contribution in [3.63, 3.8) is 0 Å². The fourth-order valence-electron chi connectivity index (χ4n) is 4.30. The maximum atomic E-state index is 14.3. The maximum absolute atomic E-state index is 14.3. The van der Waals surface area contributed by atoms with Gasteiger partial charge in [-0.15, -0.1) is 0 Å². The van der Waals surface area contributed by atoms with Crippen LogP contribution in [0.5, 0.6) is 11.5 Å². The van der Waals surface area contributed by atoms with Gasteiger partial charge in [-0.05, 0) is 50.5 Å². The Morgan fingerprint density at radius 2 is 1.72 bits per heavy atom. The Labute approximate surface area is 149 Å². The topological polar surface area (TPSA) is 18.5 Å². The van der Waals surface area contributed by atoms with Crippen LogP contribution < -0.4 is 9.47 Å². The molecule has 2 aliphatic rings. The minimum absolute atomic E-state index is 0.00300. The van der Waals surface area contributed by atoms with Gasteiger partial charge in [0.05, 0.1) is 12.7 Å². The molecule has 1 aromatic carbocycles. The van der Waals surface area contributed by atoms with Crippen LogP contribution in [0.15, 0.2) is 6.07 Å². The Hall–Kier alpha value is -1.32. The number of ether oxygens (including phenoxy) is 2. The van der Waals surface area contributed by atoms with Gasteiger partial charge in [-0.3, -0.25) is 0 Å². The van der Waals surface area contributed by atoms with Crippen molar-refractivity contribution in [2.75, 3.05) is 6.61 Å². The van der Waals surface area contributed by atoms with Crippen LogP contribution in [0.1, 0.15) is 70.8 Å². The van der Waals surface area contributed by atoms with E-state index in [1.807, 2.05) is 0 Å². The Morgan fingerprint density at radius 3 is 2.40 bits per heavy atom. The van der Waals surface area contributed by atoms with Crippen LogP contribution in [0, 0.1) is 23.5 Å². The van der Waals surface area contributed by atoms with Crippen LogP contribution in [0.25, 0.3) is 0 Å². The molecule has 0 bridgehead atoms. The van der Waals surface area contributed by atoms with Gasteiger partial charge in [-0.25, -0.2) is 0 Å². The largest absolute Gasteiger partial charge is 0.491 e. The van der Waals surface area contributed by atoms with Gasteiger partial charge >= 0.3 is 0 Å². The molecule has 4 heteroatoms. The van der Waals surface area contributed by atoms with E-state index in [1.165, 1.54) is 32.1 Å². The molecule has 2 nitrogen and oxygen atoms in total. The molecule has 1 saturated carbocycles. The highest BCUT2D eigenvalue weighted by Crippen LogP contribution is 2.39. The molecule has 1 fully saturated rings. The number of hydrogen-bond donors (Lipinski definition) is 0. The van der Waals surface area contributed by atoms with Crippen molar-refractivity contribution in [3.8, 4) is 11.5 Å². The quantitative estimate of drug-likeness (QED) is 0.620. The van der Waals surface area contributed by atoms with E-state index in [1.54, 1.807) is 13.0 Å². The van der Waals surface area contributed by atoms with Crippen LogP contribution in [-0.4, -0.2) is 12.7 Å². The third kappa shape index (κ3) is 4.27. The second kappa shape index (κ2) is 8.37. The average Bonchev–Trinajstić information content (AvgIpc) is 2.65. The van der Waals surface area contributed by atoms with E-state index in [-0.39, 0.29) is 17.6 Å². The van der Waals surface area contributed by atoms with E-state index in [2.05, 4.69) is 6.92 Å². The molecular weight excluding hydrogens is 322 g/mol. The normalized spacial score (nSPS) is 26.0. The number of aryl methyl sites for hydroxylation is 1. The predicted octanol–water partition coefficient (Wildman–Crippen LogP) is 6.05. The molecule has 0 saturated heterocycles. The first-order valence-corrected chi connectivity index (χ1v) is 9.92. The fourth-order valence-corrected chi connectivity index (χ4v) is 4.30. The molecule has 1 aromatic rings. The molecule has 1 unspecified atom stereocenters. The second-order valence-corrected chi connectivity index (χ2v) is 7.57. The smallest absolute Gasteiger partial charge is 0.204 e. The third-order valence-electron chi connectivity index (χ3n) is 5.97. The van der Waals surface area contributed by atoms with Gasteiger partial charge in [0.2, 0.25) is 11.6 Å². The third-order valence-corrected chi connectivity index (χ3v) is 5.97. The van der Waals surface area contributed by atoms with Gasteiger partial charge in [0, 0.05) is 5.56 Å². The van der Waals surface area contributed by atoms with Crippen LogP contribution in [0.4, 0.5) is 8.78 Å². The summed E-state index contributed by atoms with van der Waals surface area (Å²) in [5, 5.41) is 0. The summed E-state index contributed by atoms with van der Waals surface area (Å²) in [6.45, 7) is 4.36. The van der Waals surface area contributed by atoms with Gasteiger partial charge in [0.15, 0.2) is 11.5 Å². The summed E-state index contributed by atoms with van der Waals surface area (Å²) in [7, 11) is 0.